The van der Waals surface area contributed by atoms with E-state index in [1.807, 2.05) is 4.90 Å². The largest absolute Gasteiger partial charge is 0.347 e. The maximum atomic E-state index is 11.9. The first-order valence-electron chi connectivity index (χ1n) is 6.54. The van der Waals surface area contributed by atoms with Crippen molar-refractivity contribution >= 4 is 11.8 Å². The second-order valence-corrected chi connectivity index (χ2v) is 5.28. The topological polar surface area (TPSA) is 52.7 Å². The average molecular weight is 237 g/mol. The second kappa shape index (κ2) is 4.29. The SMILES string of the molecule is O=C1CCN(C2CCN(C3CC3)C2)C(=O)CN1. The summed E-state index contributed by atoms with van der Waals surface area (Å²) in [6.07, 6.45) is 4.16. The zero-order valence-electron chi connectivity index (χ0n) is 10.0. The van der Waals surface area contributed by atoms with E-state index in [0.717, 1.165) is 25.6 Å². The van der Waals surface area contributed by atoms with Crippen LogP contribution in [0.5, 0.6) is 0 Å². The smallest absolute Gasteiger partial charge is 0.242 e. The molecule has 0 spiro atoms. The molecule has 94 valence electrons. The predicted molar refractivity (Wildman–Crippen MR) is 62.3 cm³/mol. The van der Waals surface area contributed by atoms with Gasteiger partial charge in [-0.2, -0.15) is 0 Å². The minimum atomic E-state index is -0.00195. The van der Waals surface area contributed by atoms with Crippen LogP contribution >= 0.6 is 0 Å². The van der Waals surface area contributed by atoms with Gasteiger partial charge in [-0.15, -0.1) is 0 Å². The molecule has 3 fully saturated rings. The summed E-state index contributed by atoms with van der Waals surface area (Å²) in [6, 6.07) is 1.11. The number of likely N-dealkylation sites (tertiary alicyclic amines) is 1. The molecule has 2 aliphatic heterocycles. The molecule has 0 bridgehead atoms. The first-order valence-corrected chi connectivity index (χ1v) is 6.54. The molecular weight excluding hydrogens is 218 g/mol. The van der Waals surface area contributed by atoms with Crippen LogP contribution in [-0.2, 0) is 9.59 Å². The third-order valence-electron chi connectivity index (χ3n) is 4.04. The average Bonchev–Trinajstić information content (AvgIpc) is 3.08. The molecule has 1 unspecified atom stereocenters. The van der Waals surface area contributed by atoms with Crippen LogP contribution in [0.4, 0.5) is 0 Å². The Balaban J connectivity index is 1.62. The van der Waals surface area contributed by atoms with E-state index in [1.165, 1.54) is 12.8 Å². The standard InChI is InChI=1S/C12H19N3O2/c16-11-4-6-15(12(17)7-13-11)10-3-5-14(8-10)9-1-2-9/h9-10H,1-8H2,(H,13,16). The molecule has 1 aliphatic carbocycles. The van der Waals surface area contributed by atoms with Gasteiger partial charge in [0, 0.05) is 38.1 Å². The monoisotopic (exact) mass is 237 g/mol. The third kappa shape index (κ3) is 2.29. The molecule has 5 nitrogen and oxygen atoms in total. The quantitative estimate of drug-likeness (QED) is 0.709. The van der Waals surface area contributed by atoms with E-state index in [4.69, 9.17) is 0 Å². The van der Waals surface area contributed by atoms with Crippen LogP contribution < -0.4 is 5.32 Å². The van der Waals surface area contributed by atoms with Crippen LogP contribution in [0.15, 0.2) is 0 Å². The van der Waals surface area contributed by atoms with Crippen molar-refractivity contribution in [2.75, 3.05) is 26.2 Å². The zero-order chi connectivity index (χ0) is 11.8. The number of nitrogens with zero attached hydrogens (tertiary/aromatic N) is 2. The van der Waals surface area contributed by atoms with Gasteiger partial charge in [0.1, 0.15) is 0 Å². The molecule has 2 amide bonds. The van der Waals surface area contributed by atoms with Crippen molar-refractivity contribution in [2.24, 2.45) is 0 Å². The van der Waals surface area contributed by atoms with E-state index in [9.17, 15) is 9.59 Å². The molecule has 3 aliphatic rings. The maximum Gasteiger partial charge on any atom is 0.242 e. The summed E-state index contributed by atoms with van der Waals surface area (Å²) < 4.78 is 0. The van der Waals surface area contributed by atoms with Gasteiger partial charge in [-0.3, -0.25) is 14.5 Å². The van der Waals surface area contributed by atoms with Gasteiger partial charge in [0.05, 0.1) is 6.54 Å². The summed E-state index contributed by atoms with van der Waals surface area (Å²) in [5.41, 5.74) is 0. The van der Waals surface area contributed by atoms with Gasteiger partial charge in [-0.1, -0.05) is 0 Å². The summed E-state index contributed by atoms with van der Waals surface area (Å²) in [6.45, 7) is 2.89. The first kappa shape index (κ1) is 11.0. The minimum Gasteiger partial charge on any atom is -0.347 e. The molecule has 1 atom stereocenters. The highest BCUT2D eigenvalue weighted by atomic mass is 16.2. The van der Waals surface area contributed by atoms with Crippen LogP contribution in [0, 0.1) is 0 Å². The lowest BCUT2D eigenvalue weighted by Crippen LogP contribution is -2.44. The number of carbonyl (C=O) groups excluding carboxylic acids is 2. The van der Waals surface area contributed by atoms with Gasteiger partial charge in [0.25, 0.3) is 0 Å². The molecule has 0 radical (unpaired) electrons. The molecule has 2 saturated heterocycles. The Labute approximate surface area is 101 Å². The Morgan fingerprint density at radius 2 is 1.88 bits per heavy atom. The van der Waals surface area contributed by atoms with Gasteiger partial charge >= 0.3 is 0 Å². The molecule has 2 heterocycles. The molecule has 0 aromatic rings. The Bertz CT molecular complexity index is 341. The molecule has 0 aromatic heterocycles. The van der Waals surface area contributed by atoms with Gasteiger partial charge in [-0.05, 0) is 19.3 Å². The molecule has 0 aromatic carbocycles. The Morgan fingerprint density at radius 1 is 1.06 bits per heavy atom. The van der Waals surface area contributed by atoms with E-state index in [0.29, 0.717) is 19.0 Å². The number of amides is 2. The lowest BCUT2D eigenvalue weighted by Gasteiger charge is -2.27. The van der Waals surface area contributed by atoms with E-state index in [-0.39, 0.29) is 18.4 Å². The highest BCUT2D eigenvalue weighted by Gasteiger charge is 2.38. The fraction of sp³-hybridized carbons (Fsp3) is 0.833. The predicted octanol–water partition coefficient (Wildman–Crippen LogP) is -0.428. The normalized spacial score (nSPS) is 31.5. The van der Waals surface area contributed by atoms with Crippen molar-refractivity contribution in [1.82, 2.24) is 15.1 Å². The second-order valence-electron chi connectivity index (χ2n) is 5.28. The zero-order valence-corrected chi connectivity index (χ0v) is 10.0. The van der Waals surface area contributed by atoms with E-state index >= 15 is 0 Å². The van der Waals surface area contributed by atoms with Crippen LogP contribution in [0.2, 0.25) is 0 Å². The third-order valence-corrected chi connectivity index (χ3v) is 4.04. The lowest BCUT2D eigenvalue weighted by molar-refractivity contribution is -0.131. The van der Waals surface area contributed by atoms with Crippen molar-refractivity contribution in [3.05, 3.63) is 0 Å². The molecule has 1 saturated carbocycles. The van der Waals surface area contributed by atoms with Crippen molar-refractivity contribution in [3.8, 4) is 0 Å². The van der Waals surface area contributed by atoms with Crippen molar-refractivity contribution in [2.45, 2.75) is 37.8 Å². The van der Waals surface area contributed by atoms with Crippen LogP contribution in [0.1, 0.15) is 25.7 Å². The molecule has 17 heavy (non-hydrogen) atoms. The summed E-state index contributed by atoms with van der Waals surface area (Å²) in [4.78, 5) is 27.6. The summed E-state index contributed by atoms with van der Waals surface area (Å²) in [5, 5.41) is 2.65. The number of carbonyl (C=O) groups is 2. The first-order chi connectivity index (χ1) is 8.24. The van der Waals surface area contributed by atoms with Gasteiger partial charge in [-0.25, -0.2) is 0 Å². The maximum absolute atomic E-state index is 11.9. The van der Waals surface area contributed by atoms with Gasteiger partial charge in [0.15, 0.2) is 0 Å². The number of nitrogens with one attached hydrogen (secondary N) is 1. The van der Waals surface area contributed by atoms with Crippen LogP contribution in [0.3, 0.4) is 0 Å². The lowest BCUT2D eigenvalue weighted by atomic mass is 10.2. The highest BCUT2D eigenvalue weighted by molar-refractivity contribution is 5.87. The van der Waals surface area contributed by atoms with Gasteiger partial charge in [0.2, 0.25) is 11.8 Å². The number of hydrogen-bond acceptors (Lipinski definition) is 3. The van der Waals surface area contributed by atoms with Crippen molar-refractivity contribution in [1.29, 1.82) is 0 Å². The highest BCUT2D eigenvalue weighted by Crippen LogP contribution is 2.31. The summed E-state index contributed by atoms with van der Waals surface area (Å²) in [5.74, 6) is 0.0800. The molecule has 5 heteroatoms. The van der Waals surface area contributed by atoms with Crippen molar-refractivity contribution < 1.29 is 9.59 Å². The van der Waals surface area contributed by atoms with E-state index < -0.39 is 0 Å². The van der Waals surface area contributed by atoms with Gasteiger partial charge < -0.3 is 10.2 Å². The fourth-order valence-corrected chi connectivity index (χ4v) is 2.89. The Kier molecular flexibility index (Phi) is 2.78. The molecule has 1 N–H and O–H groups in total. The van der Waals surface area contributed by atoms with Crippen LogP contribution in [-0.4, -0.2) is 59.9 Å². The van der Waals surface area contributed by atoms with E-state index in [1.54, 1.807) is 0 Å². The molecule has 3 rings (SSSR count). The minimum absolute atomic E-state index is 0.00195. The Hall–Kier alpha value is -1.10. The Morgan fingerprint density at radius 3 is 2.65 bits per heavy atom. The summed E-state index contributed by atoms with van der Waals surface area (Å²) >= 11 is 0. The fourth-order valence-electron chi connectivity index (χ4n) is 2.89. The van der Waals surface area contributed by atoms with Crippen LogP contribution in [0.25, 0.3) is 0 Å². The van der Waals surface area contributed by atoms with Crippen molar-refractivity contribution in [3.63, 3.8) is 0 Å². The summed E-state index contributed by atoms with van der Waals surface area (Å²) in [7, 11) is 0. The molecular formula is C12H19N3O2. The number of hydrogen-bond donors (Lipinski definition) is 1. The number of rotatable bonds is 2. The van der Waals surface area contributed by atoms with E-state index in [2.05, 4.69) is 10.2 Å².